The van der Waals surface area contributed by atoms with Crippen molar-refractivity contribution in [2.75, 3.05) is 17.7 Å². The molecule has 2 aromatic carbocycles. The molecule has 140 valence electrons. The van der Waals surface area contributed by atoms with E-state index in [-0.39, 0.29) is 0 Å². The maximum absolute atomic E-state index is 12.4. The van der Waals surface area contributed by atoms with Crippen molar-refractivity contribution in [3.8, 4) is 16.3 Å². The first-order valence-electron chi connectivity index (χ1n) is 8.36. The van der Waals surface area contributed by atoms with Gasteiger partial charge in [-0.15, -0.1) is 0 Å². The van der Waals surface area contributed by atoms with E-state index in [0.29, 0.717) is 22.1 Å². The molecule has 0 radical (unpaired) electrons. The number of methoxy groups -OCH3 is 1. The number of ether oxygens (including phenoxy) is 1. The van der Waals surface area contributed by atoms with Gasteiger partial charge in [-0.1, -0.05) is 35.1 Å². The number of carbonyl (C=O) groups excluding carboxylic acids is 1. The van der Waals surface area contributed by atoms with Gasteiger partial charge in [-0.25, -0.2) is 14.8 Å². The van der Waals surface area contributed by atoms with Gasteiger partial charge in [0, 0.05) is 22.5 Å². The largest absolute Gasteiger partial charge is 0.495 e. The van der Waals surface area contributed by atoms with Gasteiger partial charge in [0.25, 0.3) is 0 Å². The average molecular weight is 411 g/mol. The Labute approximate surface area is 170 Å². The standard InChI is InChI=1S/C20H15ClN4O2S/c1-27-17-8-7-13(21)11-16(17)25-20(26)23-14-5-2-4-12(10-14)18-24-15-6-3-9-22-19(15)28-18/h2-11H,1H3,(H2,23,25,26). The zero-order valence-electron chi connectivity index (χ0n) is 14.8. The number of thiazole rings is 1. The number of halogens is 1. The molecular weight excluding hydrogens is 396 g/mol. The molecule has 0 atom stereocenters. The Morgan fingerprint density at radius 3 is 2.82 bits per heavy atom. The van der Waals surface area contributed by atoms with Gasteiger partial charge in [0.1, 0.15) is 21.1 Å². The molecule has 2 amide bonds. The first-order valence-corrected chi connectivity index (χ1v) is 9.55. The van der Waals surface area contributed by atoms with Gasteiger partial charge < -0.3 is 15.4 Å². The minimum absolute atomic E-state index is 0.399. The summed E-state index contributed by atoms with van der Waals surface area (Å²) in [7, 11) is 1.53. The Morgan fingerprint density at radius 2 is 2.00 bits per heavy atom. The summed E-state index contributed by atoms with van der Waals surface area (Å²) < 4.78 is 5.24. The summed E-state index contributed by atoms with van der Waals surface area (Å²) in [6.07, 6.45) is 1.75. The van der Waals surface area contributed by atoms with Crippen molar-refractivity contribution in [2.24, 2.45) is 0 Å². The molecule has 0 bridgehead atoms. The molecule has 6 nitrogen and oxygen atoms in total. The number of rotatable bonds is 4. The highest BCUT2D eigenvalue weighted by molar-refractivity contribution is 7.21. The van der Waals surface area contributed by atoms with E-state index in [2.05, 4.69) is 20.6 Å². The monoisotopic (exact) mass is 410 g/mol. The van der Waals surface area contributed by atoms with Gasteiger partial charge in [0.2, 0.25) is 0 Å². The molecule has 4 rings (SSSR count). The number of benzene rings is 2. The van der Waals surface area contributed by atoms with E-state index in [0.717, 1.165) is 20.9 Å². The summed E-state index contributed by atoms with van der Waals surface area (Å²) in [5.41, 5.74) is 2.89. The Bertz CT molecular complexity index is 1130. The predicted octanol–water partition coefficient (Wildman–Crippen LogP) is 5.66. The first-order chi connectivity index (χ1) is 13.6. The maximum atomic E-state index is 12.4. The lowest BCUT2D eigenvalue weighted by molar-refractivity contribution is 0.262. The van der Waals surface area contributed by atoms with Gasteiger partial charge >= 0.3 is 6.03 Å². The summed E-state index contributed by atoms with van der Waals surface area (Å²) in [4.78, 5) is 22.2. The highest BCUT2D eigenvalue weighted by atomic mass is 35.5. The second kappa shape index (κ2) is 7.84. The van der Waals surface area contributed by atoms with E-state index in [4.69, 9.17) is 16.3 Å². The molecule has 0 aliphatic carbocycles. The van der Waals surface area contributed by atoms with Crippen LogP contribution in [0.25, 0.3) is 20.9 Å². The van der Waals surface area contributed by atoms with Crippen LogP contribution in [-0.2, 0) is 0 Å². The van der Waals surface area contributed by atoms with E-state index >= 15 is 0 Å². The smallest absolute Gasteiger partial charge is 0.323 e. The lowest BCUT2D eigenvalue weighted by Crippen LogP contribution is -2.19. The minimum Gasteiger partial charge on any atom is -0.495 e. The molecule has 0 aliphatic heterocycles. The van der Waals surface area contributed by atoms with Crippen molar-refractivity contribution in [3.63, 3.8) is 0 Å². The Balaban J connectivity index is 1.53. The first kappa shape index (κ1) is 18.2. The lowest BCUT2D eigenvalue weighted by Gasteiger charge is -2.12. The average Bonchev–Trinajstić information content (AvgIpc) is 3.13. The number of carbonyl (C=O) groups is 1. The molecule has 8 heteroatoms. The second-order valence-electron chi connectivity index (χ2n) is 5.85. The predicted molar refractivity (Wildman–Crippen MR) is 113 cm³/mol. The number of amides is 2. The third-order valence-electron chi connectivity index (χ3n) is 3.94. The van der Waals surface area contributed by atoms with Crippen LogP contribution in [0, 0.1) is 0 Å². The molecule has 2 aromatic heterocycles. The topological polar surface area (TPSA) is 76.1 Å². The van der Waals surface area contributed by atoms with E-state index in [1.54, 1.807) is 24.4 Å². The molecule has 2 heterocycles. The molecule has 0 saturated heterocycles. The number of hydrogen-bond donors (Lipinski definition) is 2. The summed E-state index contributed by atoms with van der Waals surface area (Å²) in [6.45, 7) is 0. The number of nitrogens with one attached hydrogen (secondary N) is 2. The summed E-state index contributed by atoms with van der Waals surface area (Å²) in [5.74, 6) is 0.523. The van der Waals surface area contributed by atoms with Gasteiger partial charge in [0.15, 0.2) is 0 Å². The zero-order chi connectivity index (χ0) is 19.5. The van der Waals surface area contributed by atoms with E-state index in [9.17, 15) is 4.79 Å². The molecular formula is C20H15ClN4O2S. The van der Waals surface area contributed by atoms with Crippen molar-refractivity contribution in [1.29, 1.82) is 0 Å². The van der Waals surface area contributed by atoms with Crippen LogP contribution in [0.5, 0.6) is 5.75 Å². The van der Waals surface area contributed by atoms with Crippen LogP contribution in [0.15, 0.2) is 60.8 Å². The fourth-order valence-electron chi connectivity index (χ4n) is 2.69. The number of fused-ring (bicyclic) bond motifs is 1. The Morgan fingerprint density at radius 1 is 1.11 bits per heavy atom. The molecule has 0 saturated carbocycles. The highest BCUT2D eigenvalue weighted by Gasteiger charge is 2.11. The highest BCUT2D eigenvalue weighted by Crippen LogP contribution is 2.31. The maximum Gasteiger partial charge on any atom is 0.323 e. The quantitative estimate of drug-likeness (QED) is 0.454. The van der Waals surface area contributed by atoms with E-state index in [1.807, 2.05) is 36.4 Å². The lowest BCUT2D eigenvalue weighted by atomic mass is 10.2. The van der Waals surface area contributed by atoms with Crippen LogP contribution in [0.2, 0.25) is 5.02 Å². The normalized spacial score (nSPS) is 10.6. The molecule has 4 aromatic rings. The summed E-state index contributed by atoms with van der Waals surface area (Å²) in [6, 6.07) is 15.9. The number of anilines is 2. The fourth-order valence-corrected chi connectivity index (χ4v) is 3.76. The third-order valence-corrected chi connectivity index (χ3v) is 5.21. The minimum atomic E-state index is -0.399. The number of urea groups is 1. The molecule has 0 spiro atoms. The van der Waals surface area contributed by atoms with Crippen molar-refractivity contribution in [3.05, 3.63) is 65.8 Å². The molecule has 2 N–H and O–H groups in total. The molecule has 0 fully saturated rings. The van der Waals surface area contributed by atoms with Gasteiger partial charge in [-0.2, -0.15) is 0 Å². The van der Waals surface area contributed by atoms with Crippen molar-refractivity contribution in [2.45, 2.75) is 0 Å². The molecule has 0 unspecified atom stereocenters. The fraction of sp³-hybridized carbons (Fsp3) is 0.0500. The SMILES string of the molecule is COc1ccc(Cl)cc1NC(=O)Nc1cccc(-c2nc3cccnc3s2)c1. The summed E-state index contributed by atoms with van der Waals surface area (Å²) in [5, 5.41) is 6.91. The van der Waals surface area contributed by atoms with Crippen LogP contribution in [-0.4, -0.2) is 23.1 Å². The van der Waals surface area contributed by atoms with Crippen LogP contribution in [0.3, 0.4) is 0 Å². The number of pyridine rings is 1. The van der Waals surface area contributed by atoms with Crippen LogP contribution in [0.4, 0.5) is 16.2 Å². The van der Waals surface area contributed by atoms with Crippen LogP contribution >= 0.6 is 22.9 Å². The van der Waals surface area contributed by atoms with Gasteiger partial charge in [0.05, 0.1) is 12.8 Å². The number of hydrogen-bond acceptors (Lipinski definition) is 5. The van der Waals surface area contributed by atoms with Crippen molar-refractivity contribution in [1.82, 2.24) is 9.97 Å². The Hall–Kier alpha value is -3.16. The van der Waals surface area contributed by atoms with Crippen molar-refractivity contribution < 1.29 is 9.53 Å². The number of nitrogens with zero attached hydrogens (tertiary/aromatic N) is 2. The molecule has 28 heavy (non-hydrogen) atoms. The zero-order valence-corrected chi connectivity index (χ0v) is 16.3. The van der Waals surface area contributed by atoms with Crippen molar-refractivity contribution >= 4 is 50.7 Å². The van der Waals surface area contributed by atoms with Crippen LogP contribution < -0.4 is 15.4 Å². The van der Waals surface area contributed by atoms with Gasteiger partial charge in [-0.05, 0) is 42.5 Å². The third kappa shape index (κ3) is 3.90. The van der Waals surface area contributed by atoms with E-state index < -0.39 is 6.03 Å². The Kier molecular flexibility index (Phi) is 5.10. The van der Waals surface area contributed by atoms with E-state index in [1.165, 1.54) is 18.4 Å². The van der Waals surface area contributed by atoms with Crippen LogP contribution in [0.1, 0.15) is 0 Å². The number of aromatic nitrogens is 2. The summed E-state index contributed by atoms with van der Waals surface area (Å²) >= 11 is 7.51. The molecule has 0 aliphatic rings. The second-order valence-corrected chi connectivity index (χ2v) is 7.27. The van der Waals surface area contributed by atoms with Gasteiger partial charge in [-0.3, -0.25) is 0 Å².